The minimum absolute atomic E-state index is 0.379. The van der Waals surface area contributed by atoms with E-state index in [2.05, 4.69) is 26.2 Å². The van der Waals surface area contributed by atoms with E-state index in [-0.39, 0.29) is 0 Å². The van der Waals surface area contributed by atoms with E-state index in [0.29, 0.717) is 11.1 Å². The average Bonchev–Trinajstić information content (AvgIpc) is 2.48. The van der Waals surface area contributed by atoms with Gasteiger partial charge in [0.1, 0.15) is 0 Å². The molecule has 5 heteroatoms. The van der Waals surface area contributed by atoms with Crippen molar-refractivity contribution in [2.45, 2.75) is 25.3 Å². The van der Waals surface area contributed by atoms with Gasteiger partial charge in [-0.1, -0.05) is 11.6 Å². The standard InChI is InChI=1S/C15H15BrClN3/c1-18-13-3-2-4-14-10(13)8-19-15(20-14)9-5-6-12(17)11(16)7-9/h5-8,13,18H,2-4H2,1H3. The molecule has 1 aromatic heterocycles. The van der Waals surface area contributed by atoms with Gasteiger partial charge in [-0.25, -0.2) is 9.97 Å². The Morgan fingerprint density at radius 1 is 1.40 bits per heavy atom. The van der Waals surface area contributed by atoms with Crippen LogP contribution in [0.2, 0.25) is 5.02 Å². The van der Waals surface area contributed by atoms with E-state index in [4.69, 9.17) is 16.6 Å². The third-order valence-corrected chi connectivity index (χ3v) is 4.92. The molecule has 1 heterocycles. The Kier molecular flexibility index (Phi) is 4.06. The van der Waals surface area contributed by atoms with E-state index in [1.807, 2.05) is 31.4 Å². The summed E-state index contributed by atoms with van der Waals surface area (Å²) in [6.45, 7) is 0. The summed E-state index contributed by atoms with van der Waals surface area (Å²) in [6, 6.07) is 6.15. The monoisotopic (exact) mass is 351 g/mol. The Hall–Kier alpha value is -0.970. The van der Waals surface area contributed by atoms with Crippen LogP contribution in [-0.4, -0.2) is 17.0 Å². The van der Waals surface area contributed by atoms with Crippen molar-refractivity contribution < 1.29 is 0 Å². The number of rotatable bonds is 2. The maximum Gasteiger partial charge on any atom is 0.159 e. The zero-order chi connectivity index (χ0) is 14.1. The van der Waals surface area contributed by atoms with Gasteiger partial charge in [-0.05, 0) is 60.4 Å². The molecule has 1 aliphatic carbocycles. The summed E-state index contributed by atoms with van der Waals surface area (Å²) in [7, 11) is 1.99. The zero-order valence-electron chi connectivity index (χ0n) is 11.2. The number of aryl methyl sites for hydroxylation is 1. The third-order valence-electron chi connectivity index (χ3n) is 3.71. The lowest BCUT2D eigenvalue weighted by molar-refractivity contribution is 0.488. The quantitative estimate of drug-likeness (QED) is 0.882. The minimum Gasteiger partial charge on any atom is -0.313 e. The van der Waals surface area contributed by atoms with Crippen molar-refractivity contribution in [3.63, 3.8) is 0 Å². The van der Waals surface area contributed by atoms with E-state index in [9.17, 15) is 0 Å². The number of aromatic nitrogens is 2. The van der Waals surface area contributed by atoms with E-state index in [1.54, 1.807) is 0 Å². The van der Waals surface area contributed by atoms with Crippen LogP contribution in [0.25, 0.3) is 11.4 Å². The molecule has 0 radical (unpaired) electrons. The predicted molar refractivity (Wildman–Crippen MR) is 84.9 cm³/mol. The SMILES string of the molecule is CNC1CCCc2nc(-c3ccc(Cl)c(Br)c3)ncc21. The Balaban J connectivity index is 2.01. The number of hydrogen-bond donors (Lipinski definition) is 1. The second kappa shape index (κ2) is 5.80. The molecule has 0 saturated carbocycles. The first kappa shape index (κ1) is 14.0. The number of nitrogens with zero attached hydrogens (tertiary/aromatic N) is 2. The molecule has 1 aromatic carbocycles. The second-order valence-electron chi connectivity index (χ2n) is 4.96. The summed E-state index contributed by atoms with van der Waals surface area (Å²) in [5.74, 6) is 0.762. The molecule has 1 unspecified atom stereocenters. The molecule has 104 valence electrons. The van der Waals surface area contributed by atoms with Crippen LogP contribution in [-0.2, 0) is 6.42 Å². The number of fused-ring (bicyclic) bond motifs is 1. The van der Waals surface area contributed by atoms with Crippen molar-refractivity contribution in [1.29, 1.82) is 0 Å². The van der Waals surface area contributed by atoms with Crippen molar-refractivity contribution in [3.05, 3.63) is 45.1 Å². The summed E-state index contributed by atoms with van der Waals surface area (Å²) >= 11 is 9.47. The Morgan fingerprint density at radius 3 is 3.00 bits per heavy atom. The number of benzene rings is 1. The van der Waals surface area contributed by atoms with E-state index in [0.717, 1.165) is 34.4 Å². The van der Waals surface area contributed by atoms with Crippen molar-refractivity contribution in [2.75, 3.05) is 7.05 Å². The molecule has 0 aliphatic heterocycles. The first-order chi connectivity index (χ1) is 9.69. The van der Waals surface area contributed by atoms with Crippen LogP contribution in [0.15, 0.2) is 28.9 Å². The highest BCUT2D eigenvalue weighted by atomic mass is 79.9. The second-order valence-corrected chi connectivity index (χ2v) is 6.22. The molecule has 1 aliphatic rings. The lowest BCUT2D eigenvalue weighted by Crippen LogP contribution is -2.22. The van der Waals surface area contributed by atoms with Crippen molar-refractivity contribution in [2.24, 2.45) is 0 Å². The Bertz CT molecular complexity index is 645. The highest BCUT2D eigenvalue weighted by Crippen LogP contribution is 2.31. The van der Waals surface area contributed by atoms with Gasteiger partial charge in [0.2, 0.25) is 0 Å². The highest BCUT2D eigenvalue weighted by molar-refractivity contribution is 9.10. The summed E-state index contributed by atoms with van der Waals surface area (Å²) in [6.07, 6.45) is 5.30. The minimum atomic E-state index is 0.379. The van der Waals surface area contributed by atoms with Crippen molar-refractivity contribution >= 4 is 27.5 Å². The number of nitrogens with one attached hydrogen (secondary N) is 1. The molecule has 0 fully saturated rings. The molecule has 1 atom stereocenters. The van der Waals surface area contributed by atoms with Crippen LogP contribution >= 0.6 is 27.5 Å². The van der Waals surface area contributed by atoms with Crippen LogP contribution in [0.3, 0.4) is 0 Å². The fourth-order valence-electron chi connectivity index (χ4n) is 2.62. The highest BCUT2D eigenvalue weighted by Gasteiger charge is 2.21. The van der Waals surface area contributed by atoms with Gasteiger partial charge in [0.15, 0.2) is 5.82 Å². The van der Waals surface area contributed by atoms with E-state index >= 15 is 0 Å². The van der Waals surface area contributed by atoms with Crippen LogP contribution in [0.5, 0.6) is 0 Å². The van der Waals surface area contributed by atoms with Crippen LogP contribution in [0, 0.1) is 0 Å². The van der Waals surface area contributed by atoms with Crippen molar-refractivity contribution in [1.82, 2.24) is 15.3 Å². The maximum atomic E-state index is 6.03. The summed E-state index contributed by atoms with van der Waals surface area (Å²) in [5.41, 5.74) is 3.37. The number of halogens is 2. The van der Waals surface area contributed by atoms with Gasteiger partial charge in [-0.15, -0.1) is 0 Å². The zero-order valence-corrected chi connectivity index (χ0v) is 13.5. The Labute approximate surface area is 131 Å². The molecule has 0 amide bonds. The van der Waals surface area contributed by atoms with E-state index < -0.39 is 0 Å². The average molecular weight is 353 g/mol. The summed E-state index contributed by atoms with van der Waals surface area (Å²) in [5, 5.41) is 4.03. The Morgan fingerprint density at radius 2 is 2.25 bits per heavy atom. The van der Waals surface area contributed by atoms with Gasteiger partial charge in [-0.2, -0.15) is 0 Å². The lowest BCUT2D eigenvalue weighted by Gasteiger charge is -2.24. The first-order valence-corrected chi connectivity index (χ1v) is 7.84. The predicted octanol–water partition coefficient (Wildman–Crippen LogP) is 4.16. The van der Waals surface area contributed by atoms with Gasteiger partial charge in [-0.3, -0.25) is 0 Å². The normalized spacial score (nSPS) is 17.9. The molecule has 2 aromatic rings. The molecule has 3 rings (SSSR count). The molecule has 1 N–H and O–H groups in total. The summed E-state index contributed by atoms with van der Waals surface area (Å²) < 4.78 is 0.867. The third kappa shape index (κ3) is 2.60. The fourth-order valence-corrected chi connectivity index (χ4v) is 3.12. The fraction of sp³-hybridized carbons (Fsp3) is 0.333. The van der Waals surface area contributed by atoms with Crippen LogP contribution in [0.4, 0.5) is 0 Å². The molecule has 20 heavy (non-hydrogen) atoms. The van der Waals surface area contributed by atoms with Gasteiger partial charge < -0.3 is 5.32 Å². The maximum absolute atomic E-state index is 6.03. The van der Waals surface area contributed by atoms with Gasteiger partial charge >= 0.3 is 0 Å². The molecular weight excluding hydrogens is 338 g/mol. The van der Waals surface area contributed by atoms with E-state index in [1.165, 1.54) is 12.0 Å². The lowest BCUT2D eigenvalue weighted by atomic mass is 9.92. The smallest absolute Gasteiger partial charge is 0.159 e. The molecule has 0 spiro atoms. The largest absolute Gasteiger partial charge is 0.313 e. The topological polar surface area (TPSA) is 37.8 Å². The first-order valence-electron chi connectivity index (χ1n) is 6.67. The van der Waals surface area contributed by atoms with Crippen LogP contribution in [0.1, 0.15) is 30.1 Å². The van der Waals surface area contributed by atoms with Gasteiger partial charge in [0, 0.05) is 33.5 Å². The molecule has 0 saturated heterocycles. The van der Waals surface area contributed by atoms with Gasteiger partial charge in [0.25, 0.3) is 0 Å². The van der Waals surface area contributed by atoms with Crippen molar-refractivity contribution in [3.8, 4) is 11.4 Å². The van der Waals surface area contributed by atoms with Gasteiger partial charge in [0.05, 0.1) is 5.02 Å². The molecule has 3 nitrogen and oxygen atoms in total. The van der Waals surface area contributed by atoms with Crippen LogP contribution < -0.4 is 5.32 Å². The number of hydrogen-bond acceptors (Lipinski definition) is 3. The molecular formula is C15H15BrClN3. The molecule has 0 bridgehead atoms. The summed E-state index contributed by atoms with van der Waals surface area (Å²) in [4.78, 5) is 9.25.